The van der Waals surface area contributed by atoms with Crippen LogP contribution in [-0.2, 0) is 6.42 Å². The van der Waals surface area contributed by atoms with Gasteiger partial charge in [-0.3, -0.25) is 9.36 Å². The highest BCUT2D eigenvalue weighted by Crippen LogP contribution is 2.19. The first-order valence-corrected chi connectivity index (χ1v) is 9.63. The van der Waals surface area contributed by atoms with Gasteiger partial charge in [-0.05, 0) is 30.7 Å². The molecule has 0 saturated carbocycles. The van der Waals surface area contributed by atoms with Crippen molar-refractivity contribution in [3.8, 4) is 11.8 Å². The number of nitrogen functional groups attached to an aromatic ring is 2. The second kappa shape index (κ2) is 8.12. The molecule has 0 aliphatic carbocycles. The Balaban J connectivity index is 1.75. The van der Waals surface area contributed by atoms with Crippen LogP contribution in [0.1, 0.15) is 17.0 Å². The van der Waals surface area contributed by atoms with Crippen LogP contribution in [0.3, 0.4) is 0 Å². The lowest BCUT2D eigenvalue weighted by Gasteiger charge is -2.15. The summed E-state index contributed by atoms with van der Waals surface area (Å²) in [5, 5.41) is 13.0. The molecule has 5 N–H and O–H groups in total. The number of hydrogen-bond acceptors (Lipinski definition) is 8. The lowest BCUT2D eigenvalue weighted by molar-refractivity contribution is 0.808. The number of nitrogens with zero attached hydrogens (tertiary/aromatic N) is 5. The third-order valence-electron chi connectivity index (χ3n) is 4.90. The number of anilines is 3. The molecule has 0 aliphatic rings. The molecule has 0 saturated heterocycles. The number of benzene rings is 2. The van der Waals surface area contributed by atoms with Gasteiger partial charge >= 0.3 is 0 Å². The van der Waals surface area contributed by atoms with E-state index < -0.39 is 0 Å². The van der Waals surface area contributed by atoms with Crippen LogP contribution in [0.25, 0.3) is 16.6 Å². The molecule has 0 fully saturated rings. The van der Waals surface area contributed by atoms with E-state index in [2.05, 4.69) is 15.3 Å². The molecule has 154 valence electrons. The quantitative estimate of drug-likeness (QED) is 0.451. The number of aromatic nitrogens is 4. The van der Waals surface area contributed by atoms with E-state index in [1.807, 2.05) is 61.5 Å². The minimum Gasteiger partial charge on any atom is -0.382 e. The fourth-order valence-electron chi connectivity index (χ4n) is 3.48. The molecule has 31 heavy (non-hydrogen) atoms. The van der Waals surface area contributed by atoms with Gasteiger partial charge in [0, 0.05) is 13.0 Å². The molecule has 4 aromatic rings. The summed E-state index contributed by atoms with van der Waals surface area (Å²) < 4.78 is 1.62. The fraction of sp³-hybridized carbons (Fsp3) is 0.136. The van der Waals surface area contributed by atoms with Crippen molar-refractivity contribution in [3.63, 3.8) is 0 Å². The van der Waals surface area contributed by atoms with Gasteiger partial charge in [-0.1, -0.05) is 30.3 Å². The second-order valence-corrected chi connectivity index (χ2v) is 6.95. The van der Waals surface area contributed by atoms with Crippen LogP contribution in [0.15, 0.2) is 53.3 Å². The molecule has 9 heteroatoms. The number of para-hydroxylation sites is 1. The summed E-state index contributed by atoms with van der Waals surface area (Å²) >= 11 is 0. The topological polar surface area (TPSA) is 149 Å². The van der Waals surface area contributed by atoms with Gasteiger partial charge in [-0.2, -0.15) is 15.2 Å². The number of fused-ring (bicyclic) bond motifs is 1. The summed E-state index contributed by atoms with van der Waals surface area (Å²) in [6.07, 6.45) is 0.392. The zero-order chi connectivity index (χ0) is 22.0. The van der Waals surface area contributed by atoms with Gasteiger partial charge in [0.05, 0.1) is 16.6 Å². The Hall–Kier alpha value is -4.45. The molecule has 9 nitrogen and oxygen atoms in total. The Morgan fingerprint density at radius 3 is 2.58 bits per heavy atom. The van der Waals surface area contributed by atoms with Crippen LogP contribution in [-0.4, -0.2) is 26.1 Å². The summed E-state index contributed by atoms with van der Waals surface area (Å²) in [6.45, 7) is 2.25. The van der Waals surface area contributed by atoms with Crippen molar-refractivity contribution in [2.75, 3.05) is 23.3 Å². The van der Waals surface area contributed by atoms with Crippen molar-refractivity contribution in [2.24, 2.45) is 0 Å². The maximum atomic E-state index is 13.4. The smallest absolute Gasteiger partial charge is 0.266 e. The monoisotopic (exact) mass is 412 g/mol. The van der Waals surface area contributed by atoms with Crippen molar-refractivity contribution in [2.45, 2.75) is 13.3 Å². The zero-order valence-corrected chi connectivity index (χ0v) is 16.8. The Morgan fingerprint density at radius 1 is 1.06 bits per heavy atom. The zero-order valence-electron chi connectivity index (χ0n) is 16.8. The van der Waals surface area contributed by atoms with E-state index in [-0.39, 0.29) is 28.7 Å². The summed E-state index contributed by atoms with van der Waals surface area (Å²) in [5.74, 6) is 0.811. The maximum Gasteiger partial charge on any atom is 0.266 e. The van der Waals surface area contributed by atoms with Gasteiger partial charge in [0.15, 0.2) is 5.82 Å². The average Bonchev–Trinajstić information content (AvgIpc) is 2.74. The van der Waals surface area contributed by atoms with E-state index in [9.17, 15) is 10.1 Å². The number of nitrogens with two attached hydrogens (primary N) is 2. The van der Waals surface area contributed by atoms with Crippen molar-refractivity contribution in [1.82, 2.24) is 19.5 Å². The fourth-order valence-corrected chi connectivity index (χ4v) is 3.48. The van der Waals surface area contributed by atoms with Crippen LogP contribution in [0.4, 0.5) is 17.6 Å². The van der Waals surface area contributed by atoms with Gasteiger partial charge in [-0.15, -0.1) is 0 Å². The third-order valence-corrected chi connectivity index (χ3v) is 4.90. The molecule has 2 aromatic carbocycles. The normalized spacial score (nSPS) is 10.7. The SMILES string of the molecule is Cc1cccc2nc(CCNc3nc(N)nc(N)c3C#N)n(-c3ccccc3)c(=O)c12. The molecule has 0 bridgehead atoms. The van der Waals surface area contributed by atoms with E-state index in [1.54, 1.807) is 4.57 Å². The van der Waals surface area contributed by atoms with Crippen molar-refractivity contribution >= 4 is 28.5 Å². The Labute approximate surface area is 178 Å². The highest BCUT2D eigenvalue weighted by Gasteiger charge is 2.15. The van der Waals surface area contributed by atoms with E-state index in [0.717, 1.165) is 11.3 Å². The van der Waals surface area contributed by atoms with Crippen LogP contribution in [0, 0.1) is 18.3 Å². The summed E-state index contributed by atoms with van der Waals surface area (Å²) in [4.78, 5) is 26.0. The van der Waals surface area contributed by atoms with E-state index in [1.165, 1.54) is 0 Å². The predicted octanol–water partition coefficient (Wildman–Crippen LogP) is 2.17. The standard InChI is InChI=1S/C22H20N8O/c1-13-6-5-9-16-18(13)21(31)30(14-7-3-2-4-8-14)17(27-16)10-11-26-20-15(12-23)19(24)28-22(25)29-20/h2-9H,10-11H2,1H3,(H5,24,25,26,28,29). The molecule has 0 radical (unpaired) electrons. The average molecular weight is 412 g/mol. The lowest BCUT2D eigenvalue weighted by Crippen LogP contribution is -2.26. The molecule has 4 rings (SSSR count). The van der Waals surface area contributed by atoms with Gasteiger partial charge in [0.2, 0.25) is 5.95 Å². The molecule has 0 unspecified atom stereocenters. The summed E-state index contributed by atoms with van der Waals surface area (Å²) in [7, 11) is 0. The number of nitrogens with one attached hydrogen (secondary N) is 1. The van der Waals surface area contributed by atoms with Gasteiger partial charge in [0.25, 0.3) is 5.56 Å². The minimum atomic E-state index is -0.127. The largest absolute Gasteiger partial charge is 0.382 e. The minimum absolute atomic E-state index is 0.0120. The van der Waals surface area contributed by atoms with Crippen LogP contribution in [0.5, 0.6) is 0 Å². The van der Waals surface area contributed by atoms with Gasteiger partial charge in [0.1, 0.15) is 23.3 Å². The first-order chi connectivity index (χ1) is 15.0. The highest BCUT2D eigenvalue weighted by atomic mass is 16.1. The van der Waals surface area contributed by atoms with Crippen LogP contribution >= 0.6 is 0 Å². The van der Waals surface area contributed by atoms with E-state index in [0.29, 0.717) is 29.7 Å². The second-order valence-electron chi connectivity index (χ2n) is 6.95. The first kappa shape index (κ1) is 19.8. The number of aryl methyl sites for hydroxylation is 1. The molecule has 2 heterocycles. The summed E-state index contributed by atoms with van der Waals surface area (Å²) in [6, 6.07) is 17.0. The van der Waals surface area contributed by atoms with Crippen molar-refractivity contribution in [3.05, 3.63) is 75.8 Å². The predicted molar refractivity (Wildman–Crippen MR) is 120 cm³/mol. The Bertz CT molecular complexity index is 1370. The first-order valence-electron chi connectivity index (χ1n) is 9.63. The highest BCUT2D eigenvalue weighted by molar-refractivity contribution is 5.81. The van der Waals surface area contributed by atoms with Crippen LogP contribution < -0.4 is 22.3 Å². The van der Waals surface area contributed by atoms with E-state index >= 15 is 0 Å². The lowest BCUT2D eigenvalue weighted by atomic mass is 10.1. The Kier molecular flexibility index (Phi) is 5.20. The van der Waals surface area contributed by atoms with Crippen molar-refractivity contribution < 1.29 is 0 Å². The molecule has 0 amide bonds. The van der Waals surface area contributed by atoms with Crippen molar-refractivity contribution in [1.29, 1.82) is 5.26 Å². The van der Waals surface area contributed by atoms with Gasteiger partial charge in [-0.25, -0.2) is 4.98 Å². The van der Waals surface area contributed by atoms with E-state index in [4.69, 9.17) is 16.5 Å². The molecule has 0 aliphatic heterocycles. The summed E-state index contributed by atoms with van der Waals surface area (Å²) in [5.41, 5.74) is 13.6. The molecule has 0 atom stereocenters. The third kappa shape index (κ3) is 3.74. The molecule has 2 aromatic heterocycles. The number of rotatable bonds is 5. The maximum absolute atomic E-state index is 13.4. The molecular weight excluding hydrogens is 392 g/mol. The Morgan fingerprint density at radius 2 is 1.84 bits per heavy atom. The number of nitriles is 1. The van der Waals surface area contributed by atoms with Crippen LogP contribution in [0.2, 0.25) is 0 Å². The number of hydrogen-bond donors (Lipinski definition) is 3. The van der Waals surface area contributed by atoms with Gasteiger partial charge < -0.3 is 16.8 Å². The molecular formula is C22H20N8O. The molecule has 0 spiro atoms.